The van der Waals surface area contributed by atoms with Crippen LogP contribution in [0.5, 0.6) is 0 Å². The molecule has 166 valence electrons. The molecule has 0 bridgehead atoms. The Kier molecular flexibility index (Phi) is 9.11. The molecule has 0 aromatic carbocycles. The Hall–Kier alpha value is -1.44. The normalized spacial score (nSPS) is 24.6. The molecule has 0 N–H and O–H groups in total. The lowest BCUT2D eigenvalue weighted by molar-refractivity contribution is -0.182. The molecule has 3 unspecified atom stereocenters. The number of hydrogen-bond acceptors (Lipinski definition) is 3. The van der Waals surface area contributed by atoms with E-state index in [1.54, 1.807) is 0 Å². The van der Waals surface area contributed by atoms with Crippen molar-refractivity contribution in [3.63, 3.8) is 0 Å². The SMILES string of the molecule is C=CCC(C(=O)OCOC1CCCCC1C1CCCCC1)C(F)(F)C(F)=C(F)F. The summed E-state index contributed by atoms with van der Waals surface area (Å²) in [6, 6.07) is 0. The summed E-state index contributed by atoms with van der Waals surface area (Å²) in [7, 11) is 0. The first-order valence-corrected chi connectivity index (χ1v) is 10.3. The number of rotatable bonds is 9. The van der Waals surface area contributed by atoms with Crippen molar-refractivity contribution in [1.29, 1.82) is 0 Å². The standard InChI is InChI=1S/C21H29F5O3/c1-2-8-16(21(25,26)18(22)19(23)24)20(27)29-13-28-17-12-7-6-11-15(17)14-9-4-3-5-10-14/h2,14-17H,1,3-13H2. The quantitative estimate of drug-likeness (QED) is 0.182. The second kappa shape index (κ2) is 11.1. The van der Waals surface area contributed by atoms with E-state index in [-0.39, 0.29) is 6.10 Å². The van der Waals surface area contributed by atoms with Gasteiger partial charge in [0, 0.05) is 0 Å². The van der Waals surface area contributed by atoms with Crippen molar-refractivity contribution in [2.75, 3.05) is 6.79 Å². The molecule has 0 radical (unpaired) electrons. The summed E-state index contributed by atoms with van der Waals surface area (Å²) < 4.78 is 76.3. The van der Waals surface area contributed by atoms with Crippen LogP contribution in [0.2, 0.25) is 0 Å². The molecular formula is C21H29F5O3. The summed E-state index contributed by atoms with van der Waals surface area (Å²) in [5, 5.41) is 0. The van der Waals surface area contributed by atoms with Crippen molar-refractivity contribution in [3.8, 4) is 0 Å². The molecule has 3 atom stereocenters. The summed E-state index contributed by atoms with van der Waals surface area (Å²) in [4.78, 5) is 12.1. The maximum atomic E-state index is 14.0. The first-order chi connectivity index (χ1) is 13.8. The third-order valence-electron chi connectivity index (χ3n) is 6.08. The number of carbonyl (C=O) groups excluding carboxylic acids is 1. The van der Waals surface area contributed by atoms with E-state index >= 15 is 0 Å². The minimum absolute atomic E-state index is 0.127. The highest BCUT2D eigenvalue weighted by Gasteiger charge is 2.51. The number of halogens is 5. The van der Waals surface area contributed by atoms with Gasteiger partial charge < -0.3 is 9.47 Å². The highest BCUT2D eigenvalue weighted by Crippen LogP contribution is 2.40. The molecule has 2 aliphatic rings. The van der Waals surface area contributed by atoms with Gasteiger partial charge >= 0.3 is 18.0 Å². The minimum Gasteiger partial charge on any atom is -0.438 e. The number of carbonyl (C=O) groups is 1. The molecule has 2 fully saturated rings. The van der Waals surface area contributed by atoms with E-state index in [4.69, 9.17) is 9.47 Å². The van der Waals surface area contributed by atoms with Crippen LogP contribution in [0, 0.1) is 17.8 Å². The molecule has 0 saturated heterocycles. The smallest absolute Gasteiger partial charge is 0.317 e. The number of allylic oxidation sites excluding steroid dienone is 2. The molecule has 3 nitrogen and oxygen atoms in total. The highest BCUT2D eigenvalue weighted by molar-refractivity contribution is 5.74. The maximum absolute atomic E-state index is 14.0. The molecule has 0 heterocycles. The van der Waals surface area contributed by atoms with Crippen LogP contribution in [0.15, 0.2) is 24.6 Å². The number of esters is 1. The van der Waals surface area contributed by atoms with Gasteiger partial charge in [-0.15, -0.1) is 6.58 Å². The van der Waals surface area contributed by atoms with Crippen molar-refractivity contribution in [2.24, 2.45) is 17.8 Å². The first kappa shape index (κ1) is 23.8. The van der Waals surface area contributed by atoms with Crippen LogP contribution in [0.3, 0.4) is 0 Å². The van der Waals surface area contributed by atoms with E-state index in [2.05, 4.69) is 6.58 Å². The summed E-state index contributed by atoms with van der Waals surface area (Å²) in [6.45, 7) is 2.66. The lowest BCUT2D eigenvalue weighted by Crippen LogP contribution is -2.38. The van der Waals surface area contributed by atoms with Crippen LogP contribution in [0.25, 0.3) is 0 Å². The molecule has 0 amide bonds. The average molecular weight is 424 g/mol. The van der Waals surface area contributed by atoms with Crippen molar-refractivity contribution >= 4 is 5.97 Å². The van der Waals surface area contributed by atoms with Crippen molar-refractivity contribution < 1.29 is 36.2 Å². The summed E-state index contributed by atoms with van der Waals surface area (Å²) in [5.74, 6) is -10.6. The van der Waals surface area contributed by atoms with Crippen molar-refractivity contribution in [3.05, 3.63) is 24.6 Å². The van der Waals surface area contributed by atoms with E-state index < -0.39 is 42.9 Å². The fourth-order valence-corrected chi connectivity index (χ4v) is 4.55. The van der Waals surface area contributed by atoms with Crippen LogP contribution in [-0.2, 0) is 14.3 Å². The number of alkyl halides is 2. The van der Waals surface area contributed by atoms with Gasteiger partial charge in [0.2, 0.25) is 5.83 Å². The summed E-state index contributed by atoms with van der Waals surface area (Å²) in [5.41, 5.74) is 0. The van der Waals surface area contributed by atoms with Crippen LogP contribution < -0.4 is 0 Å². The maximum Gasteiger partial charge on any atom is 0.317 e. The van der Waals surface area contributed by atoms with Crippen LogP contribution in [0.1, 0.15) is 64.2 Å². The van der Waals surface area contributed by atoms with Crippen LogP contribution >= 0.6 is 0 Å². The number of hydrogen-bond donors (Lipinski definition) is 0. The highest BCUT2D eigenvalue weighted by atomic mass is 19.3. The minimum atomic E-state index is -4.68. The molecule has 2 saturated carbocycles. The van der Waals surface area contributed by atoms with E-state index in [0.29, 0.717) is 11.8 Å². The van der Waals surface area contributed by atoms with Gasteiger partial charge in [0.05, 0.1) is 6.10 Å². The van der Waals surface area contributed by atoms with Crippen LogP contribution in [0.4, 0.5) is 22.0 Å². The number of ether oxygens (including phenoxy) is 2. The second-order valence-corrected chi connectivity index (χ2v) is 7.91. The Morgan fingerprint density at radius 2 is 1.66 bits per heavy atom. The zero-order chi connectivity index (χ0) is 21.4. The fraction of sp³-hybridized carbons (Fsp3) is 0.762. The van der Waals surface area contributed by atoms with E-state index in [9.17, 15) is 26.7 Å². The van der Waals surface area contributed by atoms with Crippen LogP contribution in [-0.4, -0.2) is 24.8 Å². The molecule has 0 aliphatic heterocycles. The molecular weight excluding hydrogens is 395 g/mol. The first-order valence-electron chi connectivity index (χ1n) is 10.3. The van der Waals surface area contributed by atoms with E-state index in [0.717, 1.165) is 44.6 Å². The largest absolute Gasteiger partial charge is 0.438 e. The molecule has 2 aliphatic carbocycles. The zero-order valence-electron chi connectivity index (χ0n) is 16.5. The average Bonchev–Trinajstić information content (AvgIpc) is 2.72. The fourth-order valence-electron chi connectivity index (χ4n) is 4.55. The van der Waals surface area contributed by atoms with Crippen molar-refractivity contribution in [2.45, 2.75) is 76.2 Å². The predicted octanol–water partition coefficient (Wildman–Crippen LogP) is 6.55. The second-order valence-electron chi connectivity index (χ2n) is 7.91. The predicted molar refractivity (Wildman–Crippen MR) is 98.0 cm³/mol. The zero-order valence-corrected chi connectivity index (χ0v) is 16.5. The third kappa shape index (κ3) is 6.27. The van der Waals surface area contributed by atoms with Gasteiger partial charge in [0.25, 0.3) is 0 Å². The molecule has 8 heteroatoms. The third-order valence-corrected chi connectivity index (χ3v) is 6.08. The van der Waals surface area contributed by atoms with Gasteiger partial charge in [-0.25, -0.2) is 0 Å². The molecule has 29 heavy (non-hydrogen) atoms. The Labute approximate surface area is 168 Å². The summed E-state index contributed by atoms with van der Waals surface area (Å²) in [6.07, 6.45) is 6.72. The van der Waals surface area contributed by atoms with Gasteiger partial charge in [-0.1, -0.05) is 51.0 Å². The summed E-state index contributed by atoms with van der Waals surface area (Å²) >= 11 is 0. The molecule has 2 rings (SSSR count). The molecule has 0 spiro atoms. The lowest BCUT2D eigenvalue weighted by atomic mass is 9.72. The Bertz CT molecular complexity index is 583. The van der Waals surface area contributed by atoms with E-state index in [1.807, 2.05) is 0 Å². The van der Waals surface area contributed by atoms with Crippen molar-refractivity contribution in [1.82, 2.24) is 0 Å². The topological polar surface area (TPSA) is 35.5 Å². The molecule has 0 aromatic heterocycles. The Morgan fingerprint density at radius 3 is 2.28 bits per heavy atom. The van der Waals surface area contributed by atoms with Gasteiger partial charge in [0.1, 0.15) is 5.92 Å². The Morgan fingerprint density at radius 1 is 1.03 bits per heavy atom. The van der Waals surface area contributed by atoms with Gasteiger partial charge in [0.15, 0.2) is 6.79 Å². The molecule has 0 aromatic rings. The lowest BCUT2D eigenvalue weighted by Gasteiger charge is -2.38. The van der Waals surface area contributed by atoms with Gasteiger partial charge in [-0.3, -0.25) is 4.79 Å². The Balaban J connectivity index is 1.94. The van der Waals surface area contributed by atoms with Gasteiger partial charge in [-0.2, -0.15) is 22.0 Å². The monoisotopic (exact) mass is 424 g/mol. The van der Waals surface area contributed by atoms with E-state index in [1.165, 1.54) is 19.3 Å². The van der Waals surface area contributed by atoms with Gasteiger partial charge in [-0.05, 0) is 31.1 Å².